The summed E-state index contributed by atoms with van der Waals surface area (Å²) in [6.45, 7) is 2.84. The van der Waals surface area contributed by atoms with Crippen molar-refractivity contribution in [3.8, 4) is 0 Å². The highest BCUT2D eigenvalue weighted by Gasteiger charge is 2.22. The highest BCUT2D eigenvalue weighted by Crippen LogP contribution is 2.24. The van der Waals surface area contributed by atoms with E-state index in [1.165, 1.54) is 6.42 Å². The molecule has 1 fully saturated rings. The van der Waals surface area contributed by atoms with Crippen molar-refractivity contribution in [2.45, 2.75) is 51.6 Å². The molecule has 1 aromatic rings. The summed E-state index contributed by atoms with van der Waals surface area (Å²) < 4.78 is 0. The topological polar surface area (TPSA) is 96.1 Å². The van der Waals surface area contributed by atoms with Crippen LogP contribution in [0.25, 0.3) is 0 Å². The van der Waals surface area contributed by atoms with Gasteiger partial charge in [0, 0.05) is 24.9 Å². The summed E-state index contributed by atoms with van der Waals surface area (Å²) in [5.41, 5.74) is 2.57. The molecule has 2 unspecified atom stereocenters. The van der Waals surface area contributed by atoms with Crippen molar-refractivity contribution in [3.05, 3.63) is 11.9 Å². The van der Waals surface area contributed by atoms with E-state index in [9.17, 15) is 5.11 Å². The summed E-state index contributed by atoms with van der Waals surface area (Å²) in [7, 11) is 0. The number of hydrogen-bond donors (Lipinski definition) is 4. The monoisotopic (exact) mass is 279 g/mol. The van der Waals surface area contributed by atoms with Crippen molar-refractivity contribution in [1.29, 1.82) is 0 Å². The summed E-state index contributed by atoms with van der Waals surface area (Å²) in [6.07, 6.45) is 5.94. The SMILES string of the molecule is CCCc1nc(NN)cc(NCC2CCCCC2O)n1. The quantitative estimate of drug-likeness (QED) is 0.467. The fourth-order valence-corrected chi connectivity index (χ4v) is 2.66. The maximum atomic E-state index is 9.98. The van der Waals surface area contributed by atoms with Crippen LogP contribution >= 0.6 is 0 Å². The molecule has 1 aromatic heterocycles. The highest BCUT2D eigenvalue weighted by atomic mass is 16.3. The van der Waals surface area contributed by atoms with Crippen LogP contribution < -0.4 is 16.6 Å². The van der Waals surface area contributed by atoms with Crippen LogP contribution in [0.4, 0.5) is 11.6 Å². The molecule has 2 rings (SSSR count). The summed E-state index contributed by atoms with van der Waals surface area (Å²) in [4.78, 5) is 8.80. The van der Waals surface area contributed by atoms with Crippen LogP contribution in [0.2, 0.25) is 0 Å². The fraction of sp³-hybridized carbons (Fsp3) is 0.714. The average Bonchev–Trinajstić information content (AvgIpc) is 2.46. The van der Waals surface area contributed by atoms with Crippen LogP contribution in [0.15, 0.2) is 6.07 Å². The molecule has 5 N–H and O–H groups in total. The number of rotatable bonds is 6. The minimum absolute atomic E-state index is 0.194. The molecule has 1 saturated carbocycles. The lowest BCUT2D eigenvalue weighted by Gasteiger charge is -2.27. The Morgan fingerprint density at radius 3 is 2.75 bits per heavy atom. The lowest BCUT2D eigenvalue weighted by Crippen LogP contribution is -2.30. The van der Waals surface area contributed by atoms with Crippen LogP contribution in [0.3, 0.4) is 0 Å². The Kier molecular flexibility index (Phi) is 5.55. The molecule has 6 heteroatoms. The third kappa shape index (κ3) is 4.05. The first-order valence-electron chi connectivity index (χ1n) is 7.49. The van der Waals surface area contributed by atoms with E-state index in [0.717, 1.165) is 50.3 Å². The predicted molar refractivity (Wildman–Crippen MR) is 80.3 cm³/mol. The van der Waals surface area contributed by atoms with Gasteiger partial charge in [0.2, 0.25) is 0 Å². The molecule has 1 aliphatic rings. The number of nitrogen functional groups attached to an aromatic ring is 1. The van der Waals surface area contributed by atoms with Gasteiger partial charge in [-0.3, -0.25) is 0 Å². The molecular formula is C14H25N5O. The number of hydrazine groups is 1. The van der Waals surface area contributed by atoms with Crippen LogP contribution in [0.5, 0.6) is 0 Å². The minimum Gasteiger partial charge on any atom is -0.393 e. The molecule has 1 heterocycles. The largest absolute Gasteiger partial charge is 0.393 e. The van der Waals surface area contributed by atoms with Crippen molar-refractivity contribution < 1.29 is 5.11 Å². The van der Waals surface area contributed by atoms with Crippen molar-refractivity contribution in [2.75, 3.05) is 17.3 Å². The Labute approximate surface area is 120 Å². The lowest BCUT2D eigenvalue weighted by molar-refractivity contribution is 0.0763. The van der Waals surface area contributed by atoms with Gasteiger partial charge in [-0.1, -0.05) is 19.8 Å². The number of aromatic nitrogens is 2. The Hall–Kier alpha value is -1.40. The van der Waals surface area contributed by atoms with E-state index in [0.29, 0.717) is 11.7 Å². The Bertz CT molecular complexity index is 426. The third-order valence-corrected chi connectivity index (χ3v) is 3.81. The first-order valence-corrected chi connectivity index (χ1v) is 7.49. The number of anilines is 2. The van der Waals surface area contributed by atoms with Gasteiger partial charge in [-0.15, -0.1) is 0 Å². The van der Waals surface area contributed by atoms with E-state index < -0.39 is 0 Å². The predicted octanol–water partition coefficient (Wildman–Crippen LogP) is 1.68. The Balaban J connectivity index is 1.98. The zero-order valence-electron chi connectivity index (χ0n) is 12.1. The van der Waals surface area contributed by atoms with Gasteiger partial charge in [-0.2, -0.15) is 0 Å². The van der Waals surface area contributed by atoms with E-state index in [1.54, 1.807) is 6.07 Å². The molecule has 1 aliphatic carbocycles. The van der Waals surface area contributed by atoms with E-state index in [4.69, 9.17) is 5.84 Å². The number of hydrogen-bond acceptors (Lipinski definition) is 6. The van der Waals surface area contributed by atoms with E-state index in [-0.39, 0.29) is 6.10 Å². The van der Waals surface area contributed by atoms with E-state index in [2.05, 4.69) is 27.6 Å². The van der Waals surface area contributed by atoms with Crippen molar-refractivity contribution >= 4 is 11.6 Å². The lowest BCUT2D eigenvalue weighted by atomic mass is 9.86. The molecule has 0 amide bonds. The van der Waals surface area contributed by atoms with Gasteiger partial charge in [0.25, 0.3) is 0 Å². The third-order valence-electron chi connectivity index (χ3n) is 3.81. The zero-order chi connectivity index (χ0) is 14.4. The molecule has 2 atom stereocenters. The van der Waals surface area contributed by atoms with Gasteiger partial charge in [-0.05, 0) is 19.3 Å². The van der Waals surface area contributed by atoms with Crippen molar-refractivity contribution in [3.63, 3.8) is 0 Å². The summed E-state index contributed by atoms with van der Waals surface area (Å²) in [5.74, 6) is 7.92. The molecule has 112 valence electrons. The molecule has 0 aromatic carbocycles. The average molecular weight is 279 g/mol. The van der Waals surface area contributed by atoms with Crippen molar-refractivity contribution in [2.24, 2.45) is 11.8 Å². The molecular weight excluding hydrogens is 254 g/mol. The second-order valence-corrected chi connectivity index (χ2v) is 5.44. The number of nitrogens with two attached hydrogens (primary N) is 1. The molecule has 0 saturated heterocycles. The van der Waals surface area contributed by atoms with E-state index in [1.807, 2.05) is 0 Å². The van der Waals surface area contributed by atoms with Gasteiger partial charge >= 0.3 is 0 Å². The van der Waals surface area contributed by atoms with Crippen LogP contribution in [0.1, 0.15) is 44.9 Å². The molecule has 0 spiro atoms. The fourth-order valence-electron chi connectivity index (χ4n) is 2.66. The number of aliphatic hydroxyl groups is 1. The van der Waals surface area contributed by atoms with E-state index >= 15 is 0 Å². The normalized spacial score (nSPS) is 22.6. The second-order valence-electron chi connectivity index (χ2n) is 5.44. The number of nitrogens with one attached hydrogen (secondary N) is 2. The minimum atomic E-state index is -0.194. The van der Waals surface area contributed by atoms with Gasteiger partial charge in [0.15, 0.2) is 0 Å². The number of aliphatic hydroxyl groups excluding tert-OH is 1. The second kappa shape index (κ2) is 7.40. The Morgan fingerprint density at radius 2 is 2.05 bits per heavy atom. The summed E-state index contributed by atoms with van der Waals surface area (Å²) in [5, 5.41) is 13.3. The maximum absolute atomic E-state index is 9.98. The van der Waals surface area contributed by atoms with Gasteiger partial charge in [-0.25, -0.2) is 15.8 Å². The summed E-state index contributed by atoms with van der Waals surface area (Å²) >= 11 is 0. The number of nitrogens with zero attached hydrogens (tertiary/aromatic N) is 2. The highest BCUT2D eigenvalue weighted by molar-refractivity contribution is 5.46. The molecule has 0 bridgehead atoms. The molecule has 0 radical (unpaired) electrons. The van der Waals surface area contributed by atoms with Crippen LogP contribution in [0, 0.1) is 5.92 Å². The smallest absolute Gasteiger partial charge is 0.145 e. The van der Waals surface area contributed by atoms with Gasteiger partial charge < -0.3 is 15.8 Å². The summed E-state index contributed by atoms with van der Waals surface area (Å²) in [6, 6.07) is 1.80. The maximum Gasteiger partial charge on any atom is 0.145 e. The molecule has 0 aliphatic heterocycles. The zero-order valence-corrected chi connectivity index (χ0v) is 12.1. The molecule has 6 nitrogen and oxygen atoms in total. The van der Waals surface area contributed by atoms with Crippen LogP contribution in [-0.2, 0) is 6.42 Å². The number of aryl methyl sites for hydroxylation is 1. The first kappa shape index (κ1) is 15.0. The Morgan fingerprint density at radius 1 is 1.30 bits per heavy atom. The van der Waals surface area contributed by atoms with Crippen LogP contribution in [-0.4, -0.2) is 27.7 Å². The van der Waals surface area contributed by atoms with Crippen molar-refractivity contribution in [1.82, 2.24) is 9.97 Å². The van der Waals surface area contributed by atoms with Gasteiger partial charge in [0.1, 0.15) is 17.5 Å². The van der Waals surface area contributed by atoms with Gasteiger partial charge in [0.05, 0.1) is 6.10 Å². The first-order chi connectivity index (χ1) is 9.72. The standard InChI is InChI=1S/C14H25N5O/c1-2-5-12-17-13(8-14(18-12)19-15)16-9-10-6-3-4-7-11(10)20/h8,10-11,20H,2-7,9,15H2,1H3,(H2,16,17,18,19). The molecule has 20 heavy (non-hydrogen) atoms.